The van der Waals surface area contributed by atoms with Crippen LogP contribution in [0.2, 0.25) is 0 Å². The van der Waals surface area contributed by atoms with E-state index in [1.807, 2.05) is 0 Å². The summed E-state index contributed by atoms with van der Waals surface area (Å²) in [6.07, 6.45) is 5.70. The molecule has 0 fully saturated rings. The number of nitrogens with zero attached hydrogens (tertiary/aromatic N) is 1. The van der Waals surface area contributed by atoms with E-state index in [-0.39, 0.29) is 0 Å². The van der Waals surface area contributed by atoms with Gasteiger partial charge in [-0.1, -0.05) is 30.3 Å². The number of rotatable bonds is 0. The molecule has 0 amide bonds. The lowest BCUT2D eigenvalue weighted by atomic mass is 10.0. The number of hydrogen-bond acceptors (Lipinski definition) is 1. The fourth-order valence-corrected chi connectivity index (χ4v) is 2.58. The fourth-order valence-electron chi connectivity index (χ4n) is 2.58. The molecule has 2 heterocycles. The van der Waals surface area contributed by atoms with Crippen LogP contribution in [0, 0.1) is 0 Å². The van der Waals surface area contributed by atoms with Gasteiger partial charge in [-0.2, -0.15) is 0 Å². The van der Waals surface area contributed by atoms with Gasteiger partial charge >= 0.3 is 0 Å². The van der Waals surface area contributed by atoms with Gasteiger partial charge < -0.3 is 4.90 Å². The molecule has 0 saturated heterocycles. The van der Waals surface area contributed by atoms with Gasteiger partial charge in [-0.3, -0.25) is 0 Å². The summed E-state index contributed by atoms with van der Waals surface area (Å²) in [7, 11) is 0. The van der Waals surface area contributed by atoms with Gasteiger partial charge in [0.15, 0.2) is 0 Å². The minimum atomic E-state index is 0.569. The van der Waals surface area contributed by atoms with Gasteiger partial charge in [-0.15, -0.1) is 0 Å². The van der Waals surface area contributed by atoms with Crippen LogP contribution in [0.25, 0.3) is 0 Å². The maximum absolute atomic E-state index is 2.46. The summed E-state index contributed by atoms with van der Waals surface area (Å²) in [6, 6.07) is 10.0. The van der Waals surface area contributed by atoms with Crippen molar-refractivity contribution in [3.05, 3.63) is 47.7 Å². The lowest BCUT2D eigenvalue weighted by Gasteiger charge is -2.21. The van der Waals surface area contributed by atoms with Gasteiger partial charge in [0, 0.05) is 0 Å². The van der Waals surface area contributed by atoms with Crippen LogP contribution in [0.3, 0.4) is 0 Å². The summed E-state index contributed by atoms with van der Waals surface area (Å²) < 4.78 is 0. The second kappa shape index (κ2) is 2.38. The highest BCUT2D eigenvalue weighted by Crippen LogP contribution is 2.46. The van der Waals surface area contributed by atoms with Crippen molar-refractivity contribution in [1.82, 2.24) is 4.90 Å². The molecule has 1 aromatic rings. The molecule has 13 heavy (non-hydrogen) atoms. The zero-order chi connectivity index (χ0) is 8.84. The topological polar surface area (TPSA) is 3.24 Å². The van der Waals surface area contributed by atoms with E-state index in [9.17, 15) is 0 Å². The molecule has 3 rings (SSSR count). The molecule has 2 aliphatic heterocycles. The summed E-state index contributed by atoms with van der Waals surface area (Å²) >= 11 is 0. The van der Waals surface area contributed by atoms with Crippen LogP contribution in [0.15, 0.2) is 36.5 Å². The Morgan fingerprint density at radius 3 is 2.85 bits per heavy atom. The highest BCUT2D eigenvalue weighted by atomic mass is 15.2. The Bertz CT molecular complexity index is 367. The van der Waals surface area contributed by atoms with E-state index in [1.54, 1.807) is 0 Å². The first-order valence-electron chi connectivity index (χ1n) is 4.91. The molecule has 1 aromatic carbocycles. The second-order valence-corrected chi connectivity index (χ2v) is 3.89. The van der Waals surface area contributed by atoms with Crippen molar-refractivity contribution in [2.75, 3.05) is 0 Å². The van der Waals surface area contributed by atoms with Gasteiger partial charge in [0.25, 0.3) is 0 Å². The van der Waals surface area contributed by atoms with Crippen LogP contribution in [-0.2, 0) is 0 Å². The smallest absolute Gasteiger partial charge is 0.0581 e. The van der Waals surface area contributed by atoms with Crippen molar-refractivity contribution >= 4 is 0 Å². The Balaban J connectivity index is 2.16. The van der Waals surface area contributed by atoms with Crippen LogP contribution >= 0.6 is 0 Å². The zero-order valence-corrected chi connectivity index (χ0v) is 7.77. The molecular weight excluding hydrogens is 158 g/mol. The lowest BCUT2D eigenvalue weighted by molar-refractivity contribution is 0.276. The van der Waals surface area contributed by atoms with Crippen molar-refractivity contribution in [1.29, 1.82) is 0 Å². The average molecular weight is 171 g/mol. The first-order valence-corrected chi connectivity index (χ1v) is 4.91. The van der Waals surface area contributed by atoms with Crippen molar-refractivity contribution in [2.45, 2.75) is 25.4 Å². The van der Waals surface area contributed by atoms with Gasteiger partial charge in [0.1, 0.15) is 0 Å². The van der Waals surface area contributed by atoms with E-state index < -0.39 is 0 Å². The molecule has 1 nitrogen and oxygen atoms in total. The molecule has 0 spiro atoms. The molecule has 66 valence electrons. The van der Waals surface area contributed by atoms with Gasteiger partial charge in [-0.25, -0.2) is 0 Å². The van der Waals surface area contributed by atoms with Crippen LogP contribution < -0.4 is 0 Å². The van der Waals surface area contributed by atoms with E-state index >= 15 is 0 Å². The lowest BCUT2D eigenvalue weighted by Crippen LogP contribution is -2.13. The number of fused-ring (bicyclic) bond motifs is 3. The summed E-state index contributed by atoms with van der Waals surface area (Å²) in [5.74, 6) is 0. The maximum Gasteiger partial charge on any atom is 0.0581 e. The van der Waals surface area contributed by atoms with Gasteiger partial charge in [-0.05, 0) is 30.7 Å². The quantitative estimate of drug-likeness (QED) is 0.580. The Morgan fingerprint density at radius 1 is 1.23 bits per heavy atom. The predicted molar refractivity (Wildman–Crippen MR) is 53.2 cm³/mol. The predicted octanol–water partition coefficient (Wildman–Crippen LogP) is 3.02. The highest BCUT2D eigenvalue weighted by Gasteiger charge is 2.34. The van der Waals surface area contributed by atoms with E-state index in [0.717, 1.165) is 0 Å². The highest BCUT2D eigenvalue weighted by molar-refractivity contribution is 5.39. The van der Waals surface area contributed by atoms with E-state index in [1.165, 1.54) is 17.5 Å². The first kappa shape index (κ1) is 7.19. The van der Waals surface area contributed by atoms with Gasteiger partial charge in [0.2, 0.25) is 0 Å². The molecule has 1 heteroatoms. The molecule has 2 atom stereocenters. The zero-order valence-electron chi connectivity index (χ0n) is 7.77. The van der Waals surface area contributed by atoms with Crippen molar-refractivity contribution in [2.24, 2.45) is 0 Å². The molecular formula is C12H13N. The third-order valence-electron chi connectivity index (χ3n) is 3.25. The van der Waals surface area contributed by atoms with Crippen LogP contribution in [0.1, 0.15) is 36.6 Å². The molecule has 0 radical (unpaired) electrons. The summed E-state index contributed by atoms with van der Waals surface area (Å²) in [5, 5.41) is 0. The molecule has 0 bridgehead atoms. The molecule has 0 aromatic heterocycles. The largest absolute Gasteiger partial charge is 0.364 e. The molecule has 0 N–H and O–H groups in total. The Kier molecular flexibility index (Phi) is 1.32. The number of hydrogen-bond donors (Lipinski definition) is 0. The average Bonchev–Trinajstić information content (AvgIpc) is 2.72. The van der Waals surface area contributed by atoms with E-state index in [2.05, 4.69) is 48.4 Å². The van der Waals surface area contributed by atoms with E-state index in [0.29, 0.717) is 12.1 Å². The standard InChI is InChI=1S/C12H13N/c1-9-10-5-2-3-6-11(10)12-7-4-8-13(9)12/h2-6,8-9,12H,7H2,1H3. The van der Waals surface area contributed by atoms with Crippen LogP contribution in [0.5, 0.6) is 0 Å². The Labute approximate surface area is 78.7 Å². The van der Waals surface area contributed by atoms with Crippen LogP contribution in [0.4, 0.5) is 0 Å². The molecule has 0 saturated carbocycles. The number of benzene rings is 1. The van der Waals surface area contributed by atoms with Crippen molar-refractivity contribution in [3.63, 3.8) is 0 Å². The summed E-state index contributed by atoms with van der Waals surface area (Å²) in [4.78, 5) is 2.46. The molecule has 0 aliphatic carbocycles. The fraction of sp³-hybridized carbons (Fsp3) is 0.333. The monoisotopic (exact) mass is 171 g/mol. The van der Waals surface area contributed by atoms with Gasteiger partial charge in [0.05, 0.1) is 12.1 Å². The SMILES string of the molecule is CC1c2ccccc2C2CC=CN12. The minimum absolute atomic E-state index is 0.569. The maximum atomic E-state index is 2.46. The minimum Gasteiger partial charge on any atom is -0.364 e. The normalized spacial score (nSPS) is 29.2. The molecule has 2 unspecified atom stereocenters. The van der Waals surface area contributed by atoms with Crippen LogP contribution in [-0.4, -0.2) is 4.90 Å². The third kappa shape index (κ3) is 0.819. The Hall–Kier alpha value is -1.24. The summed E-state index contributed by atoms with van der Waals surface area (Å²) in [6.45, 7) is 2.29. The van der Waals surface area contributed by atoms with Crippen molar-refractivity contribution < 1.29 is 0 Å². The Morgan fingerprint density at radius 2 is 2.00 bits per heavy atom. The summed E-state index contributed by atoms with van der Waals surface area (Å²) in [5.41, 5.74) is 3.04. The molecule has 2 aliphatic rings. The second-order valence-electron chi connectivity index (χ2n) is 3.89. The third-order valence-corrected chi connectivity index (χ3v) is 3.25. The first-order chi connectivity index (χ1) is 6.38. The van der Waals surface area contributed by atoms with E-state index in [4.69, 9.17) is 0 Å². The van der Waals surface area contributed by atoms with Crippen molar-refractivity contribution in [3.8, 4) is 0 Å².